The van der Waals surface area contributed by atoms with Gasteiger partial charge < -0.3 is 25.7 Å². The summed E-state index contributed by atoms with van der Waals surface area (Å²) in [5.41, 5.74) is 0. The molecule has 8 nitrogen and oxygen atoms in total. The fraction of sp³-hybridized carbons (Fsp3) is 0.700. The predicted molar refractivity (Wildman–Crippen MR) is 60.9 cm³/mol. The van der Waals surface area contributed by atoms with Gasteiger partial charge in [-0.3, -0.25) is 4.79 Å². The average molecular weight is 259 g/mol. The quantitative estimate of drug-likeness (QED) is 0.472. The molecule has 0 aromatic heterocycles. The second kappa shape index (κ2) is 6.80. The first-order valence-corrected chi connectivity index (χ1v) is 5.71. The molecule has 102 valence electrons. The Morgan fingerprint density at radius 1 is 1.17 bits per heavy atom. The lowest BCUT2D eigenvalue weighted by atomic mass is 10.4. The predicted octanol–water partition coefficient (Wildman–Crippen LogP) is -1.65. The molecule has 0 aromatic rings. The second-order valence-electron chi connectivity index (χ2n) is 4.01. The van der Waals surface area contributed by atoms with Crippen molar-refractivity contribution in [3.63, 3.8) is 0 Å². The number of nitrogens with zero attached hydrogens (tertiary/aromatic N) is 1. The number of carboxylic acids is 1. The van der Waals surface area contributed by atoms with E-state index in [0.717, 1.165) is 12.8 Å². The lowest BCUT2D eigenvalue weighted by Gasteiger charge is -2.15. The lowest BCUT2D eigenvalue weighted by molar-refractivity contribution is -0.146. The Balaban J connectivity index is 2.16. The van der Waals surface area contributed by atoms with Crippen molar-refractivity contribution in [3.8, 4) is 0 Å². The van der Waals surface area contributed by atoms with E-state index in [2.05, 4.69) is 10.6 Å². The molecule has 3 amide bonds. The minimum absolute atomic E-state index is 0.130. The summed E-state index contributed by atoms with van der Waals surface area (Å²) in [7, 11) is 0. The first-order chi connectivity index (χ1) is 8.50. The fourth-order valence-corrected chi connectivity index (χ4v) is 1.57. The highest BCUT2D eigenvalue weighted by Crippen LogP contribution is 2.06. The summed E-state index contributed by atoms with van der Waals surface area (Å²) in [5.74, 6) is -1.58. The third-order valence-electron chi connectivity index (χ3n) is 2.60. The minimum atomic E-state index is -1.65. The Kier molecular flexibility index (Phi) is 5.37. The van der Waals surface area contributed by atoms with E-state index < -0.39 is 24.6 Å². The van der Waals surface area contributed by atoms with Crippen LogP contribution in [0.4, 0.5) is 4.79 Å². The molecule has 0 aliphatic carbocycles. The molecule has 1 atom stereocenters. The molecule has 0 saturated carbocycles. The fourth-order valence-electron chi connectivity index (χ4n) is 1.57. The van der Waals surface area contributed by atoms with Gasteiger partial charge in [0.1, 0.15) is 0 Å². The molecule has 0 radical (unpaired) electrons. The number of aliphatic hydroxyl groups is 1. The van der Waals surface area contributed by atoms with Crippen LogP contribution in [-0.2, 0) is 9.59 Å². The first kappa shape index (κ1) is 14.2. The molecular formula is C10H17N3O5. The van der Waals surface area contributed by atoms with E-state index in [-0.39, 0.29) is 12.5 Å². The molecule has 1 heterocycles. The smallest absolute Gasteiger partial charge is 0.334 e. The third-order valence-corrected chi connectivity index (χ3v) is 2.60. The maximum Gasteiger partial charge on any atom is 0.334 e. The van der Waals surface area contributed by atoms with E-state index in [4.69, 9.17) is 10.2 Å². The highest BCUT2D eigenvalue weighted by atomic mass is 16.4. The van der Waals surface area contributed by atoms with E-state index in [9.17, 15) is 14.4 Å². The number of aliphatic carboxylic acids is 1. The summed E-state index contributed by atoms with van der Waals surface area (Å²) in [6, 6.07) is -0.678. The van der Waals surface area contributed by atoms with Crippen molar-refractivity contribution >= 4 is 17.9 Å². The van der Waals surface area contributed by atoms with Gasteiger partial charge in [-0.25, -0.2) is 9.59 Å². The monoisotopic (exact) mass is 259 g/mol. The molecule has 18 heavy (non-hydrogen) atoms. The van der Waals surface area contributed by atoms with Crippen molar-refractivity contribution in [3.05, 3.63) is 0 Å². The number of likely N-dealkylation sites (tertiary alicyclic amines) is 1. The second-order valence-corrected chi connectivity index (χ2v) is 4.01. The van der Waals surface area contributed by atoms with Crippen LogP contribution < -0.4 is 10.6 Å². The molecule has 1 fully saturated rings. The number of amides is 3. The van der Waals surface area contributed by atoms with Gasteiger partial charge in [0.15, 0.2) is 6.10 Å². The molecule has 1 rings (SSSR count). The zero-order valence-electron chi connectivity index (χ0n) is 9.89. The van der Waals surface area contributed by atoms with Gasteiger partial charge >= 0.3 is 12.0 Å². The zero-order chi connectivity index (χ0) is 13.5. The standard InChI is InChI=1S/C10H17N3O5/c14-7(9(16)17)5-11-10(18)12-6-8(15)13-3-1-2-4-13/h7,14H,1-6H2,(H,16,17)(H2,11,12,18)/t7-/m0/s1. The van der Waals surface area contributed by atoms with Crippen molar-refractivity contribution in [2.24, 2.45) is 0 Å². The van der Waals surface area contributed by atoms with Gasteiger partial charge in [0, 0.05) is 13.1 Å². The molecule has 1 aliphatic heterocycles. The number of carbonyl (C=O) groups is 3. The summed E-state index contributed by atoms with van der Waals surface area (Å²) in [6.07, 6.45) is 0.302. The topological polar surface area (TPSA) is 119 Å². The molecule has 0 unspecified atom stereocenters. The van der Waals surface area contributed by atoms with Gasteiger partial charge in [0.25, 0.3) is 0 Å². The SMILES string of the molecule is O=C(NCC(=O)N1CCCC1)NC[C@H](O)C(=O)O. The maximum absolute atomic E-state index is 11.5. The highest BCUT2D eigenvalue weighted by Gasteiger charge is 2.18. The van der Waals surface area contributed by atoms with E-state index in [1.807, 2.05) is 0 Å². The van der Waals surface area contributed by atoms with E-state index in [0.29, 0.717) is 13.1 Å². The molecule has 8 heteroatoms. The van der Waals surface area contributed by atoms with E-state index in [1.54, 1.807) is 4.90 Å². The van der Waals surface area contributed by atoms with E-state index >= 15 is 0 Å². The number of nitrogens with one attached hydrogen (secondary N) is 2. The van der Waals surface area contributed by atoms with Crippen LogP contribution in [0, 0.1) is 0 Å². The molecule has 0 aromatic carbocycles. The highest BCUT2D eigenvalue weighted by molar-refractivity contribution is 5.84. The number of hydrogen-bond acceptors (Lipinski definition) is 4. The molecule has 1 aliphatic rings. The summed E-state index contributed by atoms with van der Waals surface area (Å²) in [6.45, 7) is 0.883. The summed E-state index contributed by atoms with van der Waals surface area (Å²) < 4.78 is 0. The van der Waals surface area contributed by atoms with Crippen LogP contribution in [0.3, 0.4) is 0 Å². The normalized spacial score (nSPS) is 16.2. The number of urea groups is 1. The van der Waals surface area contributed by atoms with Gasteiger partial charge in [-0.05, 0) is 12.8 Å². The molecule has 0 spiro atoms. The average Bonchev–Trinajstić information content (AvgIpc) is 2.86. The Labute approximate surface area is 104 Å². The lowest BCUT2D eigenvalue weighted by Crippen LogP contribution is -2.45. The number of carboxylic acid groups (broad SMARTS) is 1. The van der Waals surface area contributed by atoms with Crippen LogP contribution in [0.2, 0.25) is 0 Å². The summed E-state index contributed by atoms with van der Waals surface area (Å²) >= 11 is 0. The van der Waals surface area contributed by atoms with E-state index in [1.165, 1.54) is 0 Å². The van der Waals surface area contributed by atoms with Gasteiger partial charge in [-0.1, -0.05) is 0 Å². The first-order valence-electron chi connectivity index (χ1n) is 5.71. The Bertz CT molecular complexity index is 327. The van der Waals surface area contributed by atoms with Crippen LogP contribution in [0.25, 0.3) is 0 Å². The largest absolute Gasteiger partial charge is 0.479 e. The maximum atomic E-state index is 11.5. The Morgan fingerprint density at radius 2 is 1.78 bits per heavy atom. The number of aliphatic hydroxyl groups excluding tert-OH is 1. The van der Waals surface area contributed by atoms with Gasteiger partial charge in [0.2, 0.25) is 5.91 Å². The van der Waals surface area contributed by atoms with Crippen molar-refractivity contribution in [1.82, 2.24) is 15.5 Å². The number of carbonyl (C=O) groups excluding carboxylic acids is 2. The molecule has 1 saturated heterocycles. The van der Waals surface area contributed by atoms with Crippen LogP contribution in [0.1, 0.15) is 12.8 Å². The number of rotatable bonds is 5. The van der Waals surface area contributed by atoms with Crippen LogP contribution in [0.15, 0.2) is 0 Å². The molecular weight excluding hydrogens is 242 g/mol. The van der Waals surface area contributed by atoms with Crippen molar-refractivity contribution in [1.29, 1.82) is 0 Å². The van der Waals surface area contributed by atoms with Crippen LogP contribution in [0.5, 0.6) is 0 Å². The van der Waals surface area contributed by atoms with Gasteiger partial charge in [-0.2, -0.15) is 0 Å². The Morgan fingerprint density at radius 3 is 2.33 bits per heavy atom. The number of hydrogen-bond donors (Lipinski definition) is 4. The van der Waals surface area contributed by atoms with Crippen molar-refractivity contribution < 1.29 is 24.6 Å². The van der Waals surface area contributed by atoms with Crippen molar-refractivity contribution in [2.45, 2.75) is 18.9 Å². The molecule has 0 bridgehead atoms. The van der Waals surface area contributed by atoms with Crippen LogP contribution >= 0.6 is 0 Å². The Hall–Kier alpha value is -1.83. The summed E-state index contributed by atoms with van der Waals surface area (Å²) in [4.78, 5) is 34.7. The van der Waals surface area contributed by atoms with Crippen molar-refractivity contribution in [2.75, 3.05) is 26.2 Å². The summed E-state index contributed by atoms with van der Waals surface area (Å²) in [5, 5.41) is 21.7. The minimum Gasteiger partial charge on any atom is -0.479 e. The van der Waals surface area contributed by atoms with Gasteiger partial charge in [-0.15, -0.1) is 0 Å². The third kappa shape index (κ3) is 4.58. The van der Waals surface area contributed by atoms with Crippen LogP contribution in [-0.4, -0.2) is 65.3 Å². The zero-order valence-corrected chi connectivity index (χ0v) is 9.89. The molecule has 4 N–H and O–H groups in total. The van der Waals surface area contributed by atoms with Gasteiger partial charge in [0.05, 0.1) is 13.1 Å².